The van der Waals surface area contributed by atoms with E-state index in [1.165, 1.54) is 19.3 Å². The largest absolute Gasteiger partial charge is 0.411 e. The van der Waals surface area contributed by atoms with Crippen molar-refractivity contribution in [2.45, 2.75) is 19.3 Å². The Labute approximate surface area is 83.8 Å². The first-order valence-electron chi connectivity index (χ1n) is 5.00. The molecule has 1 amide bonds. The van der Waals surface area contributed by atoms with E-state index in [-0.39, 0.29) is 5.91 Å². The van der Waals surface area contributed by atoms with Gasteiger partial charge in [-0.2, -0.15) is 0 Å². The van der Waals surface area contributed by atoms with Gasteiger partial charge in [-0.15, -0.1) is 0 Å². The maximum Gasteiger partial charge on any atom is 0.265 e. The smallest absolute Gasteiger partial charge is 0.265 e. The highest BCUT2D eigenvalue weighted by atomic mass is 16.4. The van der Waals surface area contributed by atoms with Gasteiger partial charge in [0.05, 0.1) is 0 Å². The summed E-state index contributed by atoms with van der Waals surface area (Å²) in [6, 6.07) is 0. The van der Waals surface area contributed by atoms with Crippen molar-refractivity contribution in [3.05, 3.63) is 0 Å². The van der Waals surface area contributed by atoms with E-state index in [9.17, 15) is 4.79 Å². The fourth-order valence-electron chi connectivity index (χ4n) is 1.62. The number of piperidine rings is 1. The summed E-state index contributed by atoms with van der Waals surface area (Å²) in [6.07, 6.45) is 4.70. The monoisotopic (exact) mass is 199 g/mol. The molecule has 0 bridgehead atoms. The van der Waals surface area contributed by atoms with E-state index in [1.807, 2.05) is 0 Å². The Kier molecular flexibility index (Phi) is 4.99. The van der Waals surface area contributed by atoms with Gasteiger partial charge in [0.15, 0.2) is 0 Å². The van der Waals surface area contributed by atoms with Crippen LogP contribution in [0.2, 0.25) is 0 Å². The van der Waals surface area contributed by atoms with Crippen LogP contribution in [-0.4, -0.2) is 48.4 Å². The van der Waals surface area contributed by atoms with Gasteiger partial charge in [0.25, 0.3) is 5.91 Å². The third-order valence-electron chi connectivity index (χ3n) is 2.35. The van der Waals surface area contributed by atoms with Crippen LogP contribution in [0.5, 0.6) is 0 Å². The molecule has 0 unspecified atom stereocenters. The molecule has 14 heavy (non-hydrogen) atoms. The molecule has 1 fully saturated rings. The molecule has 80 valence electrons. The van der Waals surface area contributed by atoms with Gasteiger partial charge < -0.3 is 15.4 Å². The number of nitrogens with zero attached hydrogens (tertiary/aromatic N) is 2. The highest BCUT2D eigenvalue weighted by Crippen LogP contribution is 2.06. The highest BCUT2D eigenvalue weighted by molar-refractivity contribution is 6.25. The standard InChI is InChI=1S/C9H17N3O2/c13-9(8-11-14)10-4-7-12-5-2-1-3-6-12/h8,14H,1-7H2,(H,10,13)/b11-8-. The molecule has 1 aliphatic heterocycles. The zero-order chi connectivity index (χ0) is 10.2. The van der Waals surface area contributed by atoms with E-state index in [2.05, 4.69) is 15.4 Å². The third kappa shape index (κ3) is 4.23. The van der Waals surface area contributed by atoms with E-state index < -0.39 is 0 Å². The van der Waals surface area contributed by atoms with Crippen LogP contribution in [0.15, 0.2) is 5.16 Å². The Hall–Kier alpha value is -1.10. The van der Waals surface area contributed by atoms with Crippen molar-refractivity contribution in [3.8, 4) is 0 Å². The van der Waals surface area contributed by atoms with E-state index in [0.717, 1.165) is 25.8 Å². The minimum Gasteiger partial charge on any atom is -0.411 e. The third-order valence-corrected chi connectivity index (χ3v) is 2.35. The van der Waals surface area contributed by atoms with E-state index >= 15 is 0 Å². The number of oxime groups is 1. The summed E-state index contributed by atoms with van der Waals surface area (Å²) in [5, 5.41) is 13.4. The van der Waals surface area contributed by atoms with Crippen molar-refractivity contribution in [3.63, 3.8) is 0 Å². The lowest BCUT2D eigenvalue weighted by molar-refractivity contribution is -0.114. The first kappa shape index (κ1) is 11.0. The highest BCUT2D eigenvalue weighted by Gasteiger charge is 2.09. The molecule has 1 rings (SSSR count). The van der Waals surface area contributed by atoms with Gasteiger partial charge in [-0.1, -0.05) is 11.6 Å². The quantitative estimate of drug-likeness (QED) is 0.382. The van der Waals surface area contributed by atoms with Crippen LogP contribution in [-0.2, 0) is 4.79 Å². The number of rotatable bonds is 4. The zero-order valence-corrected chi connectivity index (χ0v) is 8.28. The van der Waals surface area contributed by atoms with Crippen molar-refractivity contribution in [1.82, 2.24) is 10.2 Å². The molecule has 0 spiro atoms. The minimum atomic E-state index is -0.343. The molecule has 1 aliphatic rings. The summed E-state index contributed by atoms with van der Waals surface area (Å²) >= 11 is 0. The topological polar surface area (TPSA) is 64.9 Å². The van der Waals surface area contributed by atoms with Gasteiger partial charge in [-0.3, -0.25) is 4.79 Å². The van der Waals surface area contributed by atoms with Crippen molar-refractivity contribution >= 4 is 12.1 Å². The van der Waals surface area contributed by atoms with Gasteiger partial charge in [-0.05, 0) is 25.9 Å². The van der Waals surface area contributed by atoms with Crippen LogP contribution < -0.4 is 5.32 Å². The van der Waals surface area contributed by atoms with Crippen LogP contribution in [0, 0.1) is 0 Å². The zero-order valence-electron chi connectivity index (χ0n) is 8.28. The van der Waals surface area contributed by atoms with Crippen molar-refractivity contribution in [2.75, 3.05) is 26.2 Å². The average molecular weight is 199 g/mol. The lowest BCUT2D eigenvalue weighted by Crippen LogP contribution is -2.37. The van der Waals surface area contributed by atoms with Crippen LogP contribution in [0.3, 0.4) is 0 Å². The molecule has 0 atom stereocenters. The van der Waals surface area contributed by atoms with Crippen molar-refractivity contribution < 1.29 is 10.0 Å². The van der Waals surface area contributed by atoms with Gasteiger partial charge in [0.1, 0.15) is 6.21 Å². The molecule has 1 heterocycles. The Morgan fingerprint density at radius 2 is 2.14 bits per heavy atom. The van der Waals surface area contributed by atoms with Gasteiger partial charge in [-0.25, -0.2) is 0 Å². The molecular weight excluding hydrogens is 182 g/mol. The van der Waals surface area contributed by atoms with Gasteiger partial charge in [0, 0.05) is 13.1 Å². The van der Waals surface area contributed by atoms with Crippen LogP contribution in [0.1, 0.15) is 19.3 Å². The molecule has 5 heteroatoms. The molecule has 0 aromatic heterocycles. The normalized spacial score (nSPS) is 18.6. The lowest BCUT2D eigenvalue weighted by Gasteiger charge is -2.26. The maximum atomic E-state index is 10.8. The van der Waals surface area contributed by atoms with E-state index in [4.69, 9.17) is 5.21 Å². The summed E-state index contributed by atoms with van der Waals surface area (Å²) < 4.78 is 0. The first-order valence-corrected chi connectivity index (χ1v) is 5.00. The Morgan fingerprint density at radius 3 is 2.79 bits per heavy atom. The van der Waals surface area contributed by atoms with Gasteiger partial charge >= 0.3 is 0 Å². The van der Waals surface area contributed by atoms with Crippen LogP contribution in [0.25, 0.3) is 0 Å². The van der Waals surface area contributed by atoms with E-state index in [1.54, 1.807) is 0 Å². The van der Waals surface area contributed by atoms with E-state index in [0.29, 0.717) is 6.54 Å². The second-order valence-corrected chi connectivity index (χ2v) is 3.44. The Balaban J connectivity index is 2.05. The molecule has 5 nitrogen and oxygen atoms in total. The number of nitrogens with one attached hydrogen (secondary N) is 1. The molecular formula is C9H17N3O2. The van der Waals surface area contributed by atoms with Crippen molar-refractivity contribution in [1.29, 1.82) is 0 Å². The molecule has 0 saturated carbocycles. The van der Waals surface area contributed by atoms with Gasteiger partial charge in [0.2, 0.25) is 0 Å². The lowest BCUT2D eigenvalue weighted by atomic mass is 10.1. The molecule has 0 radical (unpaired) electrons. The fraction of sp³-hybridized carbons (Fsp3) is 0.778. The number of likely N-dealkylation sites (tertiary alicyclic amines) is 1. The Bertz CT molecular complexity index is 200. The average Bonchev–Trinajstić information content (AvgIpc) is 2.20. The molecule has 0 aromatic carbocycles. The molecule has 0 aliphatic carbocycles. The van der Waals surface area contributed by atoms with Crippen LogP contribution >= 0.6 is 0 Å². The first-order chi connectivity index (χ1) is 6.83. The maximum absolute atomic E-state index is 10.8. The second kappa shape index (κ2) is 6.37. The number of hydrogen-bond donors (Lipinski definition) is 2. The van der Waals surface area contributed by atoms with Crippen LogP contribution in [0.4, 0.5) is 0 Å². The summed E-state index contributed by atoms with van der Waals surface area (Å²) in [6.45, 7) is 3.75. The molecule has 2 N–H and O–H groups in total. The van der Waals surface area contributed by atoms with Crippen molar-refractivity contribution in [2.24, 2.45) is 5.16 Å². The Morgan fingerprint density at radius 1 is 1.43 bits per heavy atom. The second-order valence-electron chi connectivity index (χ2n) is 3.44. The summed E-state index contributed by atoms with van der Waals surface area (Å²) in [4.78, 5) is 13.2. The predicted molar refractivity (Wildman–Crippen MR) is 53.6 cm³/mol. The number of amides is 1. The summed E-state index contributed by atoms with van der Waals surface area (Å²) in [5.41, 5.74) is 0. The summed E-state index contributed by atoms with van der Waals surface area (Å²) in [5.74, 6) is -0.343. The molecule has 0 aromatic rings. The number of carbonyl (C=O) groups excluding carboxylic acids is 1. The number of hydrogen-bond acceptors (Lipinski definition) is 4. The summed E-state index contributed by atoms with van der Waals surface area (Å²) in [7, 11) is 0. The number of carbonyl (C=O) groups is 1. The fourth-order valence-corrected chi connectivity index (χ4v) is 1.62. The molecule has 1 saturated heterocycles. The predicted octanol–water partition coefficient (Wildman–Crippen LogP) is 0.0485. The SMILES string of the molecule is O=C(/C=N\O)NCCN1CCCCC1. The minimum absolute atomic E-state index is 0.343.